The van der Waals surface area contributed by atoms with Crippen molar-refractivity contribution in [3.05, 3.63) is 25.0 Å². The molecule has 0 radical (unpaired) electrons. The fourth-order valence-corrected chi connectivity index (χ4v) is 0.745. The molecular formula is C10H16F2O. The minimum absolute atomic E-state index is 0.420. The van der Waals surface area contributed by atoms with Crippen molar-refractivity contribution >= 4 is 0 Å². The molecule has 0 bridgehead atoms. The monoisotopic (exact) mass is 190 g/mol. The molecule has 0 N–H and O–H groups in total. The molecule has 0 aromatic heterocycles. The first-order chi connectivity index (χ1) is 5.95. The summed E-state index contributed by atoms with van der Waals surface area (Å²) < 4.78 is 29.4. The van der Waals surface area contributed by atoms with Crippen LogP contribution in [-0.4, -0.2) is 12.5 Å². The molecule has 0 saturated carbocycles. The summed E-state index contributed by atoms with van der Waals surface area (Å²) in [6.07, 6.45) is 4.09. The van der Waals surface area contributed by atoms with Crippen molar-refractivity contribution in [3.63, 3.8) is 0 Å². The van der Waals surface area contributed by atoms with Gasteiger partial charge < -0.3 is 4.74 Å². The quantitative estimate of drug-likeness (QED) is 0.339. The summed E-state index contributed by atoms with van der Waals surface area (Å²) in [5.41, 5.74) is 0. The molecule has 0 heterocycles. The van der Waals surface area contributed by atoms with Crippen molar-refractivity contribution in [2.24, 2.45) is 0 Å². The Morgan fingerprint density at radius 3 is 2.62 bits per heavy atom. The van der Waals surface area contributed by atoms with Crippen LogP contribution in [0.4, 0.5) is 8.78 Å². The lowest BCUT2D eigenvalue weighted by Gasteiger charge is -2.13. The van der Waals surface area contributed by atoms with Crippen molar-refractivity contribution in [2.75, 3.05) is 6.61 Å². The average Bonchev–Trinajstić information content (AvgIpc) is 2.00. The third kappa shape index (κ3) is 9.05. The fourth-order valence-electron chi connectivity index (χ4n) is 0.745. The van der Waals surface area contributed by atoms with E-state index in [0.717, 1.165) is 19.8 Å². The van der Waals surface area contributed by atoms with Crippen LogP contribution in [0.3, 0.4) is 0 Å². The van der Waals surface area contributed by atoms with E-state index in [1.165, 1.54) is 0 Å². The molecule has 0 aromatic carbocycles. The van der Waals surface area contributed by atoms with Gasteiger partial charge in [0.1, 0.15) is 0 Å². The number of hydrogen-bond acceptors (Lipinski definition) is 1. The number of alkyl halides is 2. The van der Waals surface area contributed by atoms with E-state index in [4.69, 9.17) is 4.74 Å². The Hall–Kier alpha value is -0.860. The van der Waals surface area contributed by atoms with Crippen molar-refractivity contribution in [2.45, 2.75) is 32.1 Å². The minimum Gasteiger partial charge on any atom is -0.492 e. The summed E-state index contributed by atoms with van der Waals surface area (Å²) in [4.78, 5) is 0. The van der Waals surface area contributed by atoms with Crippen LogP contribution in [0.25, 0.3) is 0 Å². The van der Waals surface area contributed by atoms with E-state index in [2.05, 4.69) is 13.2 Å². The van der Waals surface area contributed by atoms with Crippen LogP contribution in [0.15, 0.2) is 25.0 Å². The van der Waals surface area contributed by atoms with Gasteiger partial charge in [0.05, 0.1) is 5.76 Å². The molecule has 0 aromatic rings. The molecular weight excluding hydrogens is 174 g/mol. The van der Waals surface area contributed by atoms with Crippen LogP contribution in [0.5, 0.6) is 0 Å². The van der Waals surface area contributed by atoms with Gasteiger partial charge in [0.25, 0.3) is 5.92 Å². The molecule has 3 heteroatoms. The highest BCUT2D eigenvalue weighted by Gasteiger charge is 2.21. The second kappa shape index (κ2) is 5.73. The Labute approximate surface area is 78.1 Å². The largest absolute Gasteiger partial charge is 0.492 e. The van der Waals surface area contributed by atoms with Crippen LogP contribution >= 0.6 is 0 Å². The Bertz CT molecular complexity index is 170. The maximum atomic E-state index is 12.3. The highest BCUT2D eigenvalue weighted by Crippen LogP contribution is 2.15. The van der Waals surface area contributed by atoms with Gasteiger partial charge in [-0.25, -0.2) is 8.78 Å². The van der Waals surface area contributed by atoms with Gasteiger partial charge in [-0.15, -0.1) is 6.58 Å². The van der Waals surface area contributed by atoms with E-state index in [0.29, 0.717) is 12.2 Å². The van der Waals surface area contributed by atoms with Gasteiger partial charge in [0.2, 0.25) is 0 Å². The summed E-state index contributed by atoms with van der Waals surface area (Å²) in [6.45, 7) is 7.33. The first-order valence-corrected chi connectivity index (χ1v) is 4.25. The second-order valence-corrected chi connectivity index (χ2v) is 3.08. The van der Waals surface area contributed by atoms with Gasteiger partial charge in [-0.1, -0.05) is 12.7 Å². The fraction of sp³-hybridized carbons (Fsp3) is 0.600. The van der Waals surface area contributed by atoms with Gasteiger partial charge in [0.15, 0.2) is 6.61 Å². The summed E-state index contributed by atoms with van der Waals surface area (Å²) in [5, 5.41) is 0. The second-order valence-electron chi connectivity index (χ2n) is 3.08. The first-order valence-electron chi connectivity index (χ1n) is 4.25. The number of ether oxygens (including phenoxy) is 1. The number of halogens is 2. The standard InChI is InChI=1S/C10H16F2O/c1-4-5-6-7-9(2)13-8-10(3,11)12/h4H,1-2,5-8H2,3H3. The number of allylic oxidation sites excluding steroid dienone is 2. The van der Waals surface area contributed by atoms with Gasteiger partial charge in [0, 0.05) is 13.3 Å². The third-order valence-electron chi connectivity index (χ3n) is 1.39. The summed E-state index contributed by atoms with van der Waals surface area (Å²) in [6, 6.07) is 0. The zero-order valence-corrected chi connectivity index (χ0v) is 7.98. The molecule has 0 saturated heterocycles. The molecule has 0 aliphatic rings. The van der Waals surface area contributed by atoms with Crippen LogP contribution < -0.4 is 0 Å². The van der Waals surface area contributed by atoms with E-state index < -0.39 is 12.5 Å². The number of hydrogen-bond donors (Lipinski definition) is 0. The van der Waals surface area contributed by atoms with E-state index >= 15 is 0 Å². The lowest BCUT2D eigenvalue weighted by Crippen LogP contribution is -2.18. The normalized spacial score (nSPS) is 11.0. The molecule has 1 nitrogen and oxygen atoms in total. The molecule has 0 aliphatic heterocycles. The maximum absolute atomic E-state index is 12.3. The Morgan fingerprint density at radius 1 is 1.54 bits per heavy atom. The molecule has 0 fully saturated rings. The van der Waals surface area contributed by atoms with Gasteiger partial charge in [-0.2, -0.15) is 0 Å². The van der Waals surface area contributed by atoms with E-state index in [1.807, 2.05) is 0 Å². The van der Waals surface area contributed by atoms with Gasteiger partial charge in [-0.05, 0) is 12.8 Å². The van der Waals surface area contributed by atoms with E-state index in [-0.39, 0.29) is 0 Å². The summed E-state index contributed by atoms with van der Waals surface area (Å²) in [5.74, 6) is -2.36. The van der Waals surface area contributed by atoms with Gasteiger partial charge in [-0.3, -0.25) is 0 Å². The Morgan fingerprint density at radius 2 is 2.15 bits per heavy atom. The molecule has 0 spiro atoms. The lowest BCUT2D eigenvalue weighted by molar-refractivity contribution is -0.0449. The molecule has 0 atom stereocenters. The lowest BCUT2D eigenvalue weighted by atomic mass is 10.2. The van der Waals surface area contributed by atoms with Crippen molar-refractivity contribution in [1.29, 1.82) is 0 Å². The summed E-state index contributed by atoms with van der Waals surface area (Å²) in [7, 11) is 0. The van der Waals surface area contributed by atoms with Crippen molar-refractivity contribution in [1.82, 2.24) is 0 Å². The van der Waals surface area contributed by atoms with Crippen LogP contribution in [0.1, 0.15) is 26.2 Å². The van der Waals surface area contributed by atoms with Crippen LogP contribution in [0.2, 0.25) is 0 Å². The first kappa shape index (κ1) is 12.1. The highest BCUT2D eigenvalue weighted by molar-refractivity contribution is 4.84. The van der Waals surface area contributed by atoms with E-state index in [1.54, 1.807) is 6.08 Å². The zero-order chi connectivity index (χ0) is 10.3. The SMILES string of the molecule is C=CCCCC(=C)OCC(C)(F)F. The maximum Gasteiger partial charge on any atom is 0.278 e. The predicted octanol–water partition coefficient (Wildman–Crippen LogP) is 3.53. The molecule has 0 rings (SSSR count). The van der Waals surface area contributed by atoms with Gasteiger partial charge >= 0.3 is 0 Å². The Balaban J connectivity index is 3.46. The molecule has 13 heavy (non-hydrogen) atoms. The smallest absolute Gasteiger partial charge is 0.278 e. The average molecular weight is 190 g/mol. The van der Waals surface area contributed by atoms with Crippen LogP contribution in [-0.2, 0) is 4.74 Å². The number of unbranched alkanes of at least 4 members (excludes halogenated alkanes) is 1. The minimum atomic E-state index is -2.78. The molecule has 0 amide bonds. The van der Waals surface area contributed by atoms with E-state index in [9.17, 15) is 8.78 Å². The summed E-state index contributed by atoms with van der Waals surface area (Å²) >= 11 is 0. The molecule has 0 aliphatic carbocycles. The molecule has 76 valence electrons. The predicted molar refractivity (Wildman–Crippen MR) is 49.8 cm³/mol. The van der Waals surface area contributed by atoms with Crippen LogP contribution in [0, 0.1) is 0 Å². The van der Waals surface area contributed by atoms with Crippen molar-refractivity contribution < 1.29 is 13.5 Å². The zero-order valence-electron chi connectivity index (χ0n) is 7.98. The van der Waals surface area contributed by atoms with Crippen molar-refractivity contribution in [3.8, 4) is 0 Å². The number of rotatable bonds is 7. The molecule has 0 unspecified atom stereocenters. The Kier molecular flexibility index (Phi) is 5.35. The third-order valence-corrected chi connectivity index (χ3v) is 1.39. The highest BCUT2D eigenvalue weighted by atomic mass is 19.3. The topological polar surface area (TPSA) is 9.23 Å².